The smallest absolute Gasteiger partial charge is 0.0456 e. The standard InChI is InChI=1S/C8H14N2/c1-4-8(10-6-3)7-9-5-2/h5-7,10H,3-4H2,1-2H3/b8-7-,9-5?. The average molecular weight is 138 g/mol. The van der Waals surface area contributed by atoms with Gasteiger partial charge < -0.3 is 5.32 Å². The molecule has 0 atom stereocenters. The summed E-state index contributed by atoms with van der Waals surface area (Å²) in [5.74, 6) is 0. The predicted octanol–water partition coefficient (Wildman–Crippen LogP) is 2.06. The van der Waals surface area contributed by atoms with Gasteiger partial charge in [0, 0.05) is 18.1 Å². The Morgan fingerprint density at radius 1 is 1.70 bits per heavy atom. The van der Waals surface area contributed by atoms with E-state index in [1.165, 1.54) is 0 Å². The molecule has 0 fully saturated rings. The minimum atomic E-state index is 0.948. The van der Waals surface area contributed by atoms with Crippen LogP contribution in [0.1, 0.15) is 20.3 Å². The van der Waals surface area contributed by atoms with Crippen molar-refractivity contribution < 1.29 is 0 Å². The lowest BCUT2D eigenvalue weighted by molar-refractivity contribution is 0.938. The highest BCUT2D eigenvalue weighted by atomic mass is 14.9. The summed E-state index contributed by atoms with van der Waals surface area (Å²) in [5.41, 5.74) is 1.08. The lowest BCUT2D eigenvalue weighted by atomic mass is 10.4. The second-order valence-electron chi connectivity index (χ2n) is 1.76. The Hall–Kier alpha value is -1.05. The third-order valence-corrected chi connectivity index (χ3v) is 1.05. The topological polar surface area (TPSA) is 24.4 Å². The van der Waals surface area contributed by atoms with Crippen molar-refractivity contribution in [2.45, 2.75) is 20.3 Å². The Morgan fingerprint density at radius 2 is 2.40 bits per heavy atom. The molecule has 0 aliphatic heterocycles. The first-order valence-electron chi connectivity index (χ1n) is 3.39. The molecule has 0 spiro atoms. The minimum Gasteiger partial charge on any atom is -0.364 e. The number of rotatable bonds is 4. The first kappa shape index (κ1) is 8.95. The lowest BCUT2D eigenvalue weighted by Crippen LogP contribution is -2.01. The minimum absolute atomic E-state index is 0.948. The molecule has 0 aromatic carbocycles. The van der Waals surface area contributed by atoms with E-state index >= 15 is 0 Å². The second kappa shape index (κ2) is 6.08. The number of allylic oxidation sites excluding steroid dienone is 1. The van der Waals surface area contributed by atoms with Gasteiger partial charge in [0.05, 0.1) is 0 Å². The van der Waals surface area contributed by atoms with Crippen molar-refractivity contribution in [3.05, 3.63) is 24.7 Å². The first-order valence-corrected chi connectivity index (χ1v) is 3.39. The molecule has 0 saturated carbocycles. The molecular formula is C8H14N2. The molecule has 0 heterocycles. The summed E-state index contributed by atoms with van der Waals surface area (Å²) in [5, 5.41) is 2.98. The molecule has 0 radical (unpaired) electrons. The van der Waals surface area contributed by atoms with E-state index in [2.05, 4.69) is 23.8 Å². The zero-order chi connectivity index (χ0) is 7.82. The molecule has 0 aliphatic carbocycles. The molecule has 56 valence electrons. The Morgan fingerprint density at radius 3 is 2.80 bits per heavy atom. The van der Waals surface area contributed by atoms with E-state index in [1.54, 1.807) is 18.6 Å². The zero-order valence-corrected chi connectivity index (χ0v) is 6.59. The lowest BCUT2D eigenvalue weighted by Gasteiger charge is -1.99. The molecule has 2 nitrogen and oxygen atoms in total. The van der Waals surface area contributed by atoms with E-state index in [0.717, 1.165) is 12.1 Å². The van der Waals surface area contributed by atoms with E-state index in [0.29, 0.717) is 0 Å². The van der Waals surface area contributed by atoms with Gasteiger partial charge in [0.2, 0.25) is 0 Å². The highest BCUT2D eigenvalue weighted by Gasteiger charge is 1.84. The van der Waals surface area contributed by atoms with Crippen LogP contribution in [0.15, 0.2) is 29.7 Å². The van der Waals surface area contributed by atoms with E-state index in [4.69, 9.17) is 0 Å². The van der Waals surface area contributed by atoms with Crippen molar-refractivity contribution in [3.63, 3.8) is 0 Å². The van der Waals surface area contributed by atoms with Crippen molar-refractivity contribution in [1.29, 1.82) is 0 Å². The van der Waals surface area contributed by atoms with Crippen molar-refractivity contribution in [2.75, 3.05) is 0 Å². The largest absolute Gasteiger partial charge is 0.364 e. The fourth-order valence-electron chi connectivity index (χ4n) is 0.526. The number of nitrogens with one attached hydrogen (secondary N) is 1. The summed E-state index contributed by atoms with van der Waals surface area (Å²) in [4.78, 5) is 3.96. The molecular weight excluding hydrogens is 124 g/mol. The monoisotopic (exact) mass is 138 g/mol. The summed E-state index contributed by atoms with van der Waals surface area (Å²) < 4.78 is 0. The summed E-state index contributed by atoms with van der Waals surface area (Å²) in [6, 6.07) is 0. The maximum atomic E-state index is 3.96. The number of hydrogen-bond donors (Lipinski definition) is 1. The summed E-state index contributed by atoms with van der Waals surface area (Å²) in [7, 11) is 0. The van der Waals surface area contributed by atoms with Crippen LogP contribution in [-0.2, 0) is 0 Å². The molecule has 0 amide bonds. The molecule has 0 aromatic heterocycles. The van der Waals surface area contributed by atoms with Gasteiger partial charge in [-0.2, -0.15) is 0 Å². The predicted molar refractivity (Wildman–Crippen MR) is 45.9 cm³/mol. The third-order valence-electron chi connectivity index (χ3n) is 1.05. The van der Waals surface area contributed by atoms with Crippen molar-refractivity contribution in [1.82, 2.24) is 5.32 Å². The molecule has 0 aliphatic rings. The summed E-state index contributed by atoms with van der Waals surface area (Å²) in [6.07, 6.45) is 6.14. The van der Waals surface area contributed by atoms with Gasteiger partial charge in [-0.15, -0.1) is 0 Å². The fourth-order valence-corrected chi connectivity index (χ4v) is 0.526. The second-order valence-corrected chi connectivity index (χ2v) is 1.76. The van der Waals surface area contributed by atoms with E-state index in [9.17, 15) is 0 Å². The van der Waals surface area contributed by atoms with Gasteiger partial charge in [-0.3, -0.25) is 4.99 Å². The Bertz CT molecular complexity index is 145. The van der Waals surface area contributed by atoms with Crippen molar-refractivity contribution in [2.24, 2.45) is 4.99 Å². The average Bonchev–Trinajstić information content (AvgIpc) is 1.98. The third kappa shape index (κ3) is 3.89. The Balaban J connectivity index is 3.89. The van der Waals surface area contributed by atoms with Crippen LogP contribution >= 0.6 is 0 Å². The summed E-state index contributed by atoms with van der Waals surface area (Å²) in [6.45, 7) is 7.50. The van der Waals surface area contributed by atoms with Crippen LogP contribution in [0, 0.1) is 0 Å². The normalized spacial score (nSPS) is 12.0. The van der Waals surface area contributed by atoms with E-state index in [1.807, 2.05) is 6.92 Å². The van der Waals surface area contributed by atoms with Crippen LogP contribution < -0.4 is 5.32 Å². The number of nitrogens with zero attached hydrogens (tertiary/aromatic N) is 1. The maximum Gasteiger partial charge on any atom is 0.0456 e. The molecule has 0 rings (SSSR count). The van der Waals surface area contributed by atoms with E-state index in [-0.39, 0.29) is 0 Å². The molecule has 0 unspecified atom stereocenters. The van der Waals surface area contributed by atoms with E-state index < -0.39 is 0 Å². The van der Waals surface area contributed by atoms with Crippen molar-refractivity contribution >= 4 is 6.21 Å². The SMILES string of the molecule is C=CN/C(=C\N=CC)CC. The van der Waals surface area contributed by atoms with Gasteiger partial charge in [0.15, 0.2) is 0 Å². The van der Waals surface area contributed by atoms with Crippen LogP contribution in [0.2, 0.25) is 0 Å². The molecule has 0 bridgehead atoms. The number of hydrogen-bond acceptors (Lipinski definition) is 2. The van der Waals surface area contributed by atoms with Crippen LogP contribution in [0.5, 0.6) is 0 Å². The van der Waals surface area contributed by atoms with Crippen LogP contribution in [-0.4, -0.2) is 6.21 Å². The molecule has 2 heteroatoms. The molecule has 0 saturated heterocycles. The van der Waals surface area contributed by atoms with Crippen LogP contribution in [0.25, 0.3) is 0 Å². The Labute approximate surface area is 62.4 Å². The highest BCUT2D eigenvalue weighted by Crippen LogP contribution is 1.94. The van der Waals surface area contributed by atoms with Gasteiger partial charge in [-0.05, 0) is 19.5 Å². The van der Waals surface area contributed by atoms with Gasteiger partial charge in [-0.25, -0.2) is 0 Å². The first-order chi connectivity index (χ1) is 4.85. The molecule has 10 heavy (non-hydrogen) atoms. The van der Waals surface area contributed by atoms with Gasteiger partial charge in [-0.1, -0.05) is 13.5 Å². The Kier molecular flexibility index (Phi) is 5.44. The molecule has 1 N–H and O–H groups in total. The zero-order valence-electron chi connectivity index (χ0n) is 6.59. The van der Waals surface area contributed by atoms with Gasteiger partial charge in [0.1, 0.15) is 0 Å². The fraction of sp³-hybridized carbons (Fsp3) is 0.375. The summed E-state index contributed by atoms with van der Waals surface area (Å²) >= 11 is 0. The highest BCUT2D eigenvalue weighted by molar-refractivity contribution is 5.54. The molecule has 0 aromatic rings. The van der Waals surface area contributed by atoms with Gasteiger partial charge in [0.25, 0.3) is 0 Å². The number of aliphatic imine (C=N–C) groups is 1. The quantitative estimate of drug-likeness (QED) is 0.591. The van der Waals surface area contributed by atoms with Gasteiger partial charge >= 0.3 is 0 Å². The van der Waals surface area contributed by atoms with Crippen molar-refractivity contribution in [3.8, 4) is 0 Å². The van der Waals surface area contributed by atoms with Crippen LogP contribution in [0.4, 0.5) is 0 Å². The van der Waals surface area contributed by atoms with Crippen LogP contribution in [0.3, 0.4) is 0 Å². The maximum absolute atomic E-state index is 3.96.